The predicted molar refractivity (Wildman–Crippen MR) is 98.1 cm³/mol. The van der Waals surface area contributed by atoms with Crippen LogP contribution in [-0.4, -0.2) is 66.5 Å². The molecule has 2 amide bonds. The van der Waals surface area contributed by atoms with E-state index in [0.29, 0.717) is 44.0 Å². The molecule has 2 aromatic rings. The Morgan fingerprint density at radius 1 is 1.12 bits per heavy atom. The molecule has 6 nitrogen and oxygen atoms in total. The smallest absolute Gasteiger partial charge is 0.254 e. The van der Waals surface area contributed by atoms with E-state index in [1.807, 2.05) is 12.1 Å². The number of rotatable bonds is 5. The highest BCUT2D eigenvalue weighted by atomic mass is 16.5. The van der Waals surface area contributed by atoms with Crippen LogP contribution in [0.5, 0.6) is 0 Å². The number of hydrogen-bond donors (Lipinski definition) is 0. The zero-order chi connectivity index (χ0) is 18.4. The Bertz CT molecular complexity index is 758. The maximum Gasteiger partial charge on any atom is 0.254 e. The van der Waals surface area contributed by atoms with Crippen LogP contribution in [0.1, 0.15) is 26.3 Å². The van der Waals surface area contributed by atoms with Crippen molar-refractivity contribution in [3.63, 3.8) is 0 Å². The second kappa shape index (κ2) is 8.58. The standard InChI is InChI=1S/C20H23N3O3/c1-22(10-7-16-5-8-21-9-6-16)19(24)17-3-2-4-18(15-17)20(25)23-11-13-26-14-12-23/h2-6,8-9,15H,7,10-14H2,1H3. The molecule has 136 valence electrons. The lowest BCUT2D eigenvalue weighted by Crippen LogP contribution is -2.40. The van der Waals surface area contributed by atoms with Gasteiger partial charge >= 0.3 is 0 Å². The van der Waals surface area contributed by atoms with E-state index in [1.165, 1.54) is 0 Å². The van der Waals surface area contributed by atoms with E-state index in [0.717, 1.165) is 12.0 Å². The number of amides is 2. The second-order valence-corrected chi connectivity index (χ2v) is 6.32. The molecule has 1 aromatic heterocycles. The lowest BCUT2D eigenvalue weighted by molar-refractivity contribution is 0.0303. The average molecular weight is 353 g/mol. The first-order valence-electron chi connectivity index (χ1n) is 8.76. The fraction of sp³-hybridized carbons (Fsp3) is 0.350. The van der Waals surface area contributed by atoms with Gasteiger partial charge in [0, 0.05) is 50.2 Å². The van der Waals surface area contributed by atoms with Crippen molar-refractivity contribution in [2.45, 2.75) is 6.42 Å². The number of likely N-dealkylation sites (N-methyl/N-ethyl adjacent to an activating group) is 1. The summed E-state index contributed by atoms with van der Waals surface area (Å²) >= 11 is 0. The molecule has 2 heterocycles. The van der Waals surface area contributed by atoms with E-state index < -0.39 is 0 Å². The monoisotopic (exact) mass is 353 g/mol. The first-order chi connectivity index (χ1) is 12.6. The van der Waals surface area contributed by atoms with Gasteiger partial charge < -0.3 is 14.5 Å². The molecule has 0 radical (unpaired) electrons. The van der Waals surface area contributed by atoms with Crippen LogP contribution >= 0.6 is 0 Å². The Balaban J connectivity index is 1.64. The fourth-order valence-electron chi connectivity index (χ4n) is 2.90. The zero-order valence-corrected chi connectivity index (χ0v) is 14.9. The molecule has 0 atom stereocenters. The van der Waals surface area contributed by atoms with Crippen LogP contribution in [0.4, 0.5) is 0 Å². The third-order valence-corrected chi connectivity index (χ3v) is 4.49. The molecule has 0 saturated carbocycles. The van der Waals surface area contributed by atoms with Gasteiger partial charge in [0.2, 0.25) is 0 Å². The first kappa shape index (κ1) is 18.1. The Labute approximate surface area is 153 Å². The number of carbonyl (C=O) groups excluding carboxylic acids is 2. The summed E-state index contributed by atoms with van der Waals surface area (Å²) in [6.45, 7) is 2.89. The summed E-state index contributed by atoms with van der Waals surface area (Å²) in [6.07, 6.45) is 4.26. The summed E-state index contributed by atoms with van der Waals surface area (Å²) in [5.41, 5.74) is 2.21. The van der Waals surface area contributed by atoms with Crippen molar-refractivity contribution in [2.75, 3.05) is 39.9 Å². The summed E-state index contributed by atoms with van der Waals surface area (Å²) < 4.78 is 5.28. The first-order valence-corrected chi connectivity index (χ1v) is 8.76. The minimum atomic E-state index is -0.0873. The molecular weight excluding hydrogens is 330 g/mol. The molecule has 0 unspecified atom stereocenters. The minimum absolute atomic E-state index is 0.0533. The van der Waals surface area contributed by atoms with Gasteiger partial charge in [0.15, 0.2) is 0 Å². The number of carbonyl (C=O) groups is 2. The number of pyridine rings is 1. The van der Waals surface area contributed by atoms with Gasteiger partial charge in [-0.05, 0) is 42.3 Å². The number of benzene rings is 1. The molecule has 0 N–H and O–H groups in total. The van der Waals surface area contributed by atoms with Crippen LogP contribution in [0.15, 0.2) is 48.8 Å². The summed E-state index contributed by atoms with van der Waals surface area (Å²) in [7, 11) is 1.78. The van der Waals surface area contributed by atoms with E-state index in [9.17, 15) is 9.59 Å². The van der Waals surface area contributed by atoms with Crippen molar-refractivity contribution in [1.29, 1.82) is 0 Å². The van der Waals surface area contributed by atoms with Gasteiger partial charge in [-0.15, -0.1) is 0 Å². The molecule has 0 bridgehead atoms. The maximum absolute atomic E-state index is 12.7. The van der Waals surface area contributed by atoms with Crippen molar-refractivity contribution in [1.82, 2.24) is 14.8 Å². The molecule has 0 aliphatic carbocycles. The molecule has 3 rings (SSSR count). The average Bonchev–Trinajstić information content (AvgIpc) is 2.72. The second-order valence-electron chi connectivity index (χ2n) is 6.32. The molecule has 1 aliphatic rings. The van der Waals surface area contributed by atoms with Crippen LogP contribution < -0.4 is 0 Å². The van der Waals surface area contributed by atoms with Crippen molar-refractivity contribution in [3.05, 3.63) is 65.5 Å². The van der Waals surface area contributed by atoms with Crippen LogP contribution in [0.3, 0.4) is 0 Å². The topological polar surface area (TPSA) is 62.7 Å². The van der Waals surface area contributed by atoms with E-state index in [4.69, 9.17) is 4.74 Å². The van der Waals surface area contributed by atoms with Crippen LogP contribution in [-0.2, 0) is 11.2 Å². The van der Waals surface area contributed by atoms with E-state index in [-0.39, 0.29) is 11.8 Å². The zero-order valence-electron chi connectivity index (χ0n) is 14.9. The highest BCUT2D eigenvalue weighted by molar-refractivity contribution is 5.99. The molecule has 1 fully saturated rings. The van der Waals surface area contributed by atoms with E-state index >= 15 is 0 Å². The van der Waals surface area contributed by atoms with Crippen molar-refractivity contribution < 1.29 is 14.3 Å². The summed E-state index contributed by atoms with van der Waals surface area (Å²) in [6, 6.07) is 10.8. The summed E-state index contributed by atoms with van der Waals surface area (Å²) in [5, 5.41) is 0. The molecule has 26 heavy (non-hydrogen) atoms. The van der Waals surface area contributed by atoms with E-state index in [2.05, 4.69) is 4.98 Å². The number of hydrogen-bond acceptors (Lipinski definition) is 4. The minimum Gasteiger partial charge on any atom is -0.378 e. The predicted octanol–water partition coefficient (Wildman–Crippen LogP) is 1.87. The third kappa shape index (κ3) is 4.46. The summed E-state index contributed by atoms with van der Waals surface area (Å²) in [4.78, 5) is 32.7. The van der Waals surface area contributed by atoms with E-state index in [1.54, 1.807) is 53.5 Å². The Kier molecular flexibility index (Phi) is 5.96. The van der Waals surface area contributed by atoms with Gasteiger partial charge in [-0.25, -0.2) is 0 Å². The van der Waals surface area contributed by atoms with Gasteiger partial charge in [0.05, 0.1) is 13.2 Å². The normalized spacial score (nSPS) is 14.1. The Morgan fingerprint density at radius 3 is 2.54 bits per heavy atom. The lowest BCUT2D eigenvalue weighted by atomic mass is 10.1. The molecule has 1 aromatic carbocycles. The van der Waals surface area contributed by atoms with Gasteiger partial charge in [-0.2, -0.15) is 0 Å². The number of nitrogens with zero attached hydrogens (tertiary/aromatic N) is 3. The van der Waals surface area contributed by atoms with Crippen LogP contribution in [0, 0.1) is 0 Å². The summed E-state index contributed by atoms with van der Waals surface area (Å²) in [5.74, 6) is -0.141. The van der Waals surface area contributed by atoms with Gasteiger partial charge in [-0.3, -0.25) is 14.6 Å². The number of morpholine rings is 1. The van der Waals surface area contributed by atoms with Crippen LogP contribution in [0.2, 0.25) is 0 Å². The quantitative estimate of drug-likeness (QED) is 0.823. The molecule has 6 heteroatoms. The van der Waals surface area contributed by atoms with Gasteiger partial charge in [-0.1, -0.05) is 6.07 Å². The highest BCUT2D eigenvalue weighted by Crippen LogP contribution is 2.12. The number of ether oxygens (including phenoxy) is 1. The van der Waals surface area contributed by atoms with Crippen molar-refractivity contribution in [3.8, 4) is 0 Å². The Morgan fingerprint density at radius 2 is 1.81 bits per heavy atom. The van der Waals surface area contributed by atoms with Gasteiger partial charge in [0.1, 0.15) is 0 Å². The lowest BCUT2D eigenvalue weighted by Gasteiger charge is -2.27. The van der Waals surface area contributed by atoms with Crippen molar-refractivity contribution >= 4 is 11.8 Å². The maximum atomic E-state index is 12.7. The van der Waals surface area contributed by atoms with Gasteiger partial charge in [0.25, 0.3) is 11.8 Å². The molecule has 1 aliphatic heterocycles. The SMILES string of the molecule is CN(CCc1ccncc1)C(=O)c1cccc(C(=O)N2CCOCC2)c1. The Hall–Kier alpha value is -2.73. The highest BCUT2D eigenvalue weighted by Gasteiger charge is 2.20. The largest absolute Gasteiger partial charge is 0.378 e. The molecule has 1 saturated heterocycles. The molecular formula is C20H23N3O3. The third-order valence-electron chi connectivity index (χ3n) is 4.49. The molecule has 0 spiro atoms. The fourth-order valence-corrected chi connectivity index (χ4v) is 2.90. The van der Waals surface area contributed by atoms with Crippen LogP contribution in [0.25, 0.3) is 0 Å². The van der Waals surface area contributed by atoms with Crippen molar-refractivity contribution in [2.24, 2.45) is 0 Å². The number of aromatic nitrogens is 1.